The molecule has 0 bridgehead atoms. The van der Waals surface area contributed by atoms with Gasteiger partial charge >= 0.3 is 11.9 Å². The van der Waals surface area contributed by atoms with Crippen molar-refractivity contribution in [1.82, 2.24) is 39.0 Å². The lowest BCUT2D eigenvalue weighted by atomic mass is 9.82. The predicted molar refractivity (Wildman–Crippen MR) is 228 cm³/mol. The summed E-state index contributed by atoms with van der Waals surface area (Å²) in [6.45, 7) is 8.30. The van der Waals surface area contributed by atoms with E-state index in [1.807, 2.05) is 29.1 Å². The lowest BCUT2D eigenvalue weighted by Crippen LogP contribution is -2.62. The van der Waals surface area contributed by atoms with E-state index in [1.54, 1.807) is 28.3 Å². The number of aryl methyl sites for hydroxylation is 1. The number of pyridine rings is 1. The van der Waals surface area contributed by atoms with Crippen LogP contribution in [0, 0.1) is 11.8 Å². The number of nitrogens with one attached hydrogen (secondary N) is 2. The Balaban J connectivity index is 0.671. The fraction of sp³-hybridized carbons (Fsp3) is 0.511. The van der Waals surface area contributed by atoms with Gasteiger partial charge in [-0.05, 0) is 92.8 Å². The van der Waals surface area contributed by atoms with Crippen molar-refractivity contribution in [3.8, 4) is 0 Å². The SMILES string of the molecule is Cn1c(=O)n(C2CCC(=O)NC2=O)c2cccc(N3CCN(CC4COC5(C4)CN(C[C@H]4CC[C@H](n6cc7cc(NC(=O)c8cccc(C(F)(F)F)n8)ccc7n6)CC4)C5)CC3)c21. The quantitative estimate of drug-likeness (QED) is 0.194. The predicted octanol–water partition coefficient (Wildman–Crippen LogP) is 4.98. The second kappa shape index (κ2) is 16.2. The highest BCUT2D eigenvalue weighted by Crippen LogP contribution is 2.41. The molecule has 4 saturated heterocycles. The molecule has 5 aliphatic rings. The van der Waals surface area contributed by atoms with Crippen LogP contribution in [0.2, 0.25) is 0 Å². The third-order valence-corrected chi connectivity index (χ3v) is 13.9. The molecule has 2 atom stereocenters. The maximum atomic E-state index is 13.5. The number of carbonyl (C=O) groups is 3. The summed E-state index contributed by atoms with van der Waals surface area (Å²) in [7, 11) is 1.75. The molecule has 18 heteroatoms. The number of likely N-dealkylation sites (tertiary alicyclic amines) is 1. The summed E-state index contributed by atoms with van der Waals surface area (Å²) in [5, 5.41) is 10.7. The maximum absolute atomic E-state index is 13.5. The molecule has 0 radical (unpaired) electrons. The molecule has 1 aliphatic carbocycles. The minimum Gasteiger partial charge on any atom is -0.372 e. The first kappa shape index (κ1) is 41.4. The van der Waals surface area contributed by atoms with Gasteiger partial charge in [-0.2, -0.15) is 18.3 Å². The Bertz CT molecular complexity index is 2630. The number of hydrogen-bond donors (Lipinski definition) is 2. The second-order valence-electron chi connectivity index (χ2n) is 18.3. The molecule has 3 amide bonds. The van der Waals surface area contributed by atoms with Crippen LogP contribution in [-0.2, 0) is 27.5 Å². The van der Waals surface area contributed by atoms with Crippen molar-refractivity contribution in [3.63, 3.8) is 0 Å². The number of carbonyl (C=O) groups excluding carboxylic acids is 3. The molecule has 332 valence electrons. The molecule has 7 heterocycles. The fourth-order valence-electron chi connectivity index (χ4n) is 10.8. The fourth-order valence-corrected chi connectivity index (χ4v) is 10.8. The average molecular weight is 869 g/mol. The number of para-hydroxylation sites is 1. The van der Waals surface area contributed by atoms with Gasteiger partial charge in [0.2, 0.25) is 11.8 Å². The van der Waals surface area contributed by atoms with Gasteiger partial charge in [0.15, 0.2) is 0 Å². The van der Waals surface area contributed by atoms with Gasteiger partial charge in [0.25, 0.3) is 5.91 Å². The summed E-state index contributed by atoms with van der Waals surface area (Å²) in [6, 6.07) is 14.0. The van der Waals surface area contributed by atoms with Crippen LogP contribution in [0.25, 0.3) is 21.9 Å². The highest BCUT2D eigenvalue weighted by molar-refractivity contribution is 6.04. The molecule has 4 aliphatic heterocycles. The van der Waals surface area contributed by atoms with Crippen molar-refractivity contribution in [2.24, 2.45) is 18.9 Å². The lowest BCUT2D eigenvalue weighted by molar-refractivity contribution is -0.141. The summed E-state index contributed by atoms with van der Waals surface area (Å²) in [5.41, 5.74) is 2.04. The number of ether oxygens (including phenoxy) is 1. The number of imide groups is 1. The van der Waals surface area contributed by atoms with Gasteiger partial charge in [0, 0.05) is 83.1 Å². The molecule has 2 aromatic carbocycles. The van der Waals surface area contributed by atoms with Gasteiger partial charge in [-0.25, -0.2) is 9.78 Å². The number of halogens is 3. The first-order chi connectivity index (χ1) is 30.3. The molecule has 2 unspecified atom stereocenters. The van der Waals surface area contributed by atoms with Crippen LogP contribution in [0.15, 0.2) is 65.6 Å². The number of amides is 3. The van der Waals surface area contributed by atoms with Crippen molar-refractivity contribution in [1.29, 1.82) is 0 Å². The summed E-state index contributed by atoms with van der Waals surface area (Å²) in [4.78, 5) is 61.6. The van der Waals surface area contributed by atoms with Crippen LogP contribution >= 0.6 is 0 Å². The minimum absolute atomic E-state index is 0.0447. The summed E-state index contributed by atoms with van der Waals surface area (Å²) < 4.78 is 51.0. The van der Waals surface area contributed by atoms with Crippen molar-refractivity contribution in [3.05, 3.63) is 82.7 Å². The monoisotopic (exact) mass is 868 g/mol. The van der Waals surface area contributed by atoms with Crippen molar-refractivity contribution in [2.45, 2.75) is 68.8 Å². The van der Waals surface area contributed by atoms with Gasteiger partial charge in [-0.1, -0.05) is 12.1 Å². The molecule has 5 aromatic rings. The zero-order chi connectivity index (χ0) is 43.6. The highest BCUT2D eigenvalue weighted by Gasteiger charge is 2.50. The van der Waals surface area contributed by atoms with E-state index in [4.69, 9.17) is 9.84 Å². The van der Waals surface area contributed by atoms with Crippen LogP contribution < -0.4 is 21.2 Å². The van der Waals surface area contributed by atoms with Gasteiger partial charge in [0.1, 0.15) is 17.4 Å². The number of alkyl halides is 3. The molecular formula is C45H51F3N10O5. The Morgan fingerprint density at radius 1 is 0.921 bits per heavy atom. The van der Waals surface area contributed by atoms with Crippen LogP contribution in [-0.4, -0.2) is 116 Å². The zero-order valence-electron chi connectivity index (χ0n) is 35.1. The maximum Gasteiger partial charge on any atom is 0.433 e. The number of aromatic nitrogens is 5. The molecule has 5 fully saturated rings. The molecule has 15 nitrogen and oxygen atoms in total. The third kappa shape index (κ3) is 8.12. The molecule has 10 rings (SSSR count). The number of imidazole rings is 1. The number of rotatable bonds is 9. The first-order valence-corrected chi connectivity index (χ1v) is 22.0. The van der Waals surface area contributed by atoms with Gasteiger partial charge in [-0.3, -0.25) is 43.3 Å². The normalized spacial score (nSPS) is 24.6. The standard InChI is InChI=1S/C45H51F3N10O5/c1-53-40-35(5-3-6-36(40)58(43(53)62)37-14-15-39(59)51-42(37)61)56-18-16-54(17-19-56)23-29-21-44(63-25-29)26-55(27-44)22-28-8-11-32(12-9-28)57-24-30-20-31(10-13-33(30)52-57)49-41(60)34-4-2-7-38(50-34)45(46,47)48/h2-7,10,13,20,24,28-29,32,37H,8-9,11-12,14-19,21-23,25-27H2,1H3,(H,49,60)(H,51,59,61)/t28-,29?,32-,37?. The molecule has 1 spiro atoms. The first-order valence-electron chi connectivity index (χ1n) is 22.0. The summed E-state index contributed by atoms with van der Waals surface area (Å²) >= 11 is 0. The Hall–Kier alpha value is -5.59. The Labute approximate surface area is 361 Å². The van der Waals surface area contributed by atoms with Crippen LogP contribution in [0.5, 0.6) is 0 Å². The van der Waals surface area contributed by atoms with Crippen molar-refractivity contribution in [2.75, 3.05) is 69.2 Å². The Morgan fingerprint density at radius 3 is 2.44 bits per heavy atom. The number of benzene rings is 2. The van der Waals surface area contributed by atoms with Crippen molar-refractivity contribution >= 4 is 51.0 Å². The van der Waals surface area contributed by atoms with Gasteiger partial charge < -0.3 is 15.0 Å². The zero-order valence-corrected chi connectivity index (χ0v) is 35.1. The lowest BCUT2D eigenvalue weighted by Gasteiger charge is -2.49. The van der Waals surface area contributed by atoms with Crippen LogP contribution in [0.3, 0.4) is 0 Å². The van der Waals surface area contributed by atoms with E-state index in [9.17, 15) is 32.3 Å². The Kier molecular flexibility index (Phi) is 10.6. The topological polar surface area (TPSA) is 152 Å². The number of hydrogen-bond acceptors (Lipinski definition) is 10. The average Bonchev–Trinajstić information content (AvgIpc) is 3.95. The molecule has 3 aromatic heterocycles. The molecule has 2 N–H and O–H groups in total. The van der Waals surface area contributed by atoms with Crippen LogP contribution in [0.1, 0.15) is 73.2 Å². The summed E-state index contributed by atoms with van der Waals surface area (Å²) in [5.74, 6) is -0.337. The number of piperazine rings is 1. The van der Waals surface area contributed by atoms with Crippen LogP contribution in [0.4, 0.5) is 24.5 Å². The number of fused-ring (bicyclic) bond motifs is 2. The molecular weight excluding hydrogens is 818 g/mol. The third-order valence-electron chi connectivity index (χ3n) is 13.9. The van der Waals surface area contributed by atoms with E-state index < -0.39 is 29.7 Å². The van der Waals surface area contributed by atoms with Crippen molar-refractivity contribution < 1.29 is 32.3 Å². The van der Waals surface area contributed by atoms with E-state index in [0.717, 1.165) is 119 Å². The smallest absolute Gasteiger partial charge is 0.372 e. The molecule has 63 heavy (non-hydrogen) atoms. The number of nitrogens with zero attached hydrogens (tertiary/aromatic N) is 8. The van der Waals surface area contributed by atoms with E-state index >= 15 is 0 Å². The van der Waals surface area contributed by atoms with Gasteiger partial charge in [0.05, 0.1) is 40.5 Å². The van der Waals surface area contributed by atoms with E-state index in [0.29, 0.717) is 29.5 Å². The van der Waals surface area contributed by atoms with E-state index in [1.165, 1.54) is 12.1 Å². The van der Waals surface area contributed by atoms with E-state index in [2.05, 4.69) is 36.4 Å². The second-order valence-corrected chi connectivity index (χ2v) is 18.3. The Morgan fingerprint density at radius 2 is 1.68 bits per heavy atom. The van der Waals surface area contributed by atoms with E-state index in [-0.39, 0.29) is 35.4 Å². The number of anilines is 2. The number of piperidine rings is 1. The molecule has 1 saturated carbocycles. The van der Waals surface area contributed by atoms with Gasteiger partial charge in [-0.15, -0.1) is 0 Å². The largest absolute Gasteiger partial charge is 0.433 e. The highest BCUT2D eigenvalue weighted by atomic mass is 19.4. The minimum atomic E-state index is -4.64. The summed E-state index contributed by atoms with van der Waals surface area (Å²) in [6.07, 6.45) is 3.22.